The quantitative estimate of drug-likeness (QED) is 0.420. The molecular weight excluding hydrogens is 236 g/mol. The van der Waals surface area contributed by atoms with Crippen LogP contribution in [0.5, 0.6) is 0 Å². The van der Waals surface area contributed by atoms with E-state index >= 15 is 0 Å². The van der Waals surface area contributed by atoms with Gasteiger partial charge in [0.05, 0.1) is 6.54 Å². The molecule has 1 fully saturated rings. The van der Waals surface area contributed by atoms with Crippen molar-refractivity contribution in [2.45, 2.75) is 39.7 Å². The second-order valence-corrected chi connectivity index (χ2v) is 5.57. The van der Waals surface area contributed by atoms with Gasteiger partial charge in [0, 0.05) is 25.7 Å². The zero-order valence-corrected chi connectivity index (χ0v) is 12.8. The van der Waals surface area contributed by atoms with Crippen LogP contribution in [0.25, 0.3) is 0 Å². The molecule has 0 aromatic carbocycles. The summed E-state index contributed by atoms with van der Waals surface area (Å²) in [4.78, 5) is 7.28. The number of nitrogens with zero attached hydrogens (tertiary/aromatic N) is 2. The first kappa shape index (κ1) is 16.0. The number of rotatable bonds is 7. The Balaban J connectivity index is 2.47. The first-order valence-corrected chi connectivity index (χ1v) is 7.54. The van der Waals surface area contributed by atoms with Crippen LogP contribution < -0.4 is 10.6 Å². The second-order valence-electron chi connectivity index (χ2n) is 5.57. The number of guanidine groups is 1. The van der Waals surface area contributed by atoms with E-state index in [1.165, 1.54) is 25.9 Å². The summed E-state index contributed by atoms with van der Waals surface area (Å²) in [7, 11) is 0. The maximum Gasteiger partial charge on any atom is 0.191 e. The van der Waals surface area contributed by atoms with Gasteiger partial charge >= 0.3 is 0 Å². The summed E-state index contributed by atoms with van der Waals surface area (Å²) in [5.41, 5.74) is 0. The molecule has 0 aliphatic carbocycles. The van der Waals surface area contributed by atoms with Crippen molar-refractivity contribution in [2.75, 3.05) is 32.7 Å². The molecule has 19 heavy (non-hydrogen) atoms. The highest BCUT2D eigenvalue weighted by molar-refractivity contribution is 5.79. The lowest BCUT2D eigenvalue weighted by molar-refractivity contribution is 0.231. The molecule has 4 heteroatoms. The van der Waals surface area contributed by atoms with Gasteiger partial charge in [0.25, 0.3) is 0 Å². The number of aliphatic imine (C=N–C) groups is 1. The molecule has 1 rings (SSSR count). The number of likely N-dealkylation sites (tertiary alicyclic amines) is 1. The fraction of sp³-hybridized carbons (Fsp3) is 0.800. The molecule has 1 aliphatic heterocycles. The SMILES string of the molecule is C=CCNC(=NC[C@H]1CCCN1CC(C)C)NCC. The molecular formula is C15H30N4. The molecule has 1 saturated heterocycles. The van der Waals surface area contributed by atoms with Gasteiger partial charge in [-0.3, -0.25) is 9.89 Å². The van der Waals surface area contributed by atoms with Crippen molar-refractivity contribution >= 4 is 5.96 Å². The fourth-order valence-corrected chi connectivity index (χ4v) is 2.52. The van der Waals surface area contributed by atoms with Crippen molar-refractivity contribution in [3.8, 4) is 0 Å². The zero-order chi connectivity index (χ0) is 14.1. The molecule has 0 amide bonds. The van der Waals surface area contributed by atoms with E-state index in [2.05, 4.69) is 42.9 Å². The largest absolute Gasteiger partial charge is 0.357 e. The minimum absolute atomic E-state index is 0.613. The molecule has 110 valence electrons. The van der Waals surface area contributed by atoms with Crippen LogP contribution in [0, 0.1) is 5.92 Å². The van der Waals surface area contributed by atoms with E-state index in [9.17, 15) is 0 Å². The highest BCUT2D eigenvalue weighted by atomic mass is 15.2. The Bertz CT molecular complexity index is 286. The average molecular weight is 266 g/mol. The Hall–Kier alpha value is -1.03. The first-order valence-electron chi connectivity index (χ1n) is 7.54. The maximum absolute atomic E-state index is 4.70. The first-order chi connectivity index (χ1) is 9.17. The van der Waals surface area contributed by atoms with Gasteiger partial charge in [-0.15, -0.1) is 6.58 Å². The molecule has 4 nitrogen and oxygen atoms in total. The Morgan fingerprint density at radius 3 is 2.89 bits per heavy atom. The minimum atomic E-state index is 0.613. The molecule has 0 bridgehead atoms. The molecule has 0 saturated carbocycles. The Morgan fingerprint density at radius 2 is 2.26 bits per heavy atom. The van der Waals surface area contributed by atoms with Gasteiger partial charge in [-0.05, 0) is 32.2 Å². The molecule has 0 aromatic rings. The maximum atomic E-state index is 4.70. The summed E-state index contributed by atoms with van der Waals surface area (Å²) in [5.74, 6) is 1.63. The normalized spacial score (nSPS) is 20.8. The second kappa shape index (κ2) is 8.97. The average Bonchev–Trinajstić information content (AvgIpc) is 2.79. The van der Waals surface area contributed by atoms with Gasteiger partial charge in [-0.2, -0.15) is 0 Å². The van der Waals surface area contributed by atoms with Crippen molar-refractivity contribution in [1.29, 1.82) is 0 Å². The van der Waals surface area contributed by atoms with Gasteiger partial charge in [-0.1, -0.05) is 19.9 Å². The van der Waals surface area contributed by atoms with Crippen LogP contribution in [0.15, 0.2) is 17.6 Å². The van der Waals surface area contributed by atoms with Gasteiger partial charge in [-0.25, -0.2) is 0 Å². The van der Waals surface area contributed by atoms with E-state index in [1.54, 1.807) is 0 Å². The summed E-state index contributed by atoms with van der Waals surface area (Å²) in [6, 6.07) is 0.613. The summed E-state index contributed by atoms with van der Waals surface area (Å²) < 4.78 is 0. The Morgan fingerprint density at radius 1 is 1.47 bits per heavy atom. The molecule has 1 atom stereocenters. The fourth-order valence-electron chi connectivity index (χ4n) is 2.52. The van der Waals surface area contributed by atoms with Crippen LogP contribution in [0.4, 0.5) is 0 Å². The van der Waals surface area contributed by atoms with E-state index in [0.717, 1.165) is 31.5 Å². The molecule has 2 N–H and O–H groups in total. The lowest BCUT2D eigenvalue weighted by Gasteiger charge is -2.25. The van der Waals surface area contributed by atoms with E-state index in [-0.39, 0.29) is 0 Å². The number of nitrogens with one attached hydrogen (secondary N) is 2. The third-order valence-corrected chi connectivity index (χ3v) is 3.32. The summed E-state index contributed by atoms with van der Waals surface area (Å²) in [5, 5.41) is 6.52. The van der Waals surface area contributed by atoms with Gasteiger partial charge in [0.2, 0.25) is 0 Å². The predicted molar refractivity (Wildman–Crippen MR) is 83.6 cm³/mol. The van der Waals surface area contributed by atoms with Gasteiger partial charge < -0.3 is 10.6 Å². The summed E-state index contributed by atoms with van der Waals surface area (Å²) in [6.45, 7) is 15.3. The topological polar surface area (TPSA) is 39.7 Å². The van der Waals surface area contributed by atoms with Crippen molar-refractivity contribution in [3.05, 3.63) is 12.7 Å². The van der Waals surface area contributed by atoms with Gasteiger partial charge in [0.1, 0.15) is 0 Å². The van der Waals surface area contributed by atoms with E-state index < -0.39 is 0 Å². The Kier molecular flexibility index (Phi) is 7.56. The number of hydrogen-bond acceptors (Lipinski definition) is 2. The van der Waals surface area contributed by atoms with Crippen LogP contribution in [-0.4, -0.2) is 49.6 Å². The monoisotopic (exact) mass is 266 g/mol. The van der Waals surface area contributed by atoms with Crippen molar-refractivity contribution < 1.29 is 0 Å². The smallest absolute Gasteiger partial charge is 0.191 e. The molecule has 0 radical (unpaired) electrons. The third kappa shape index (κ3) is 6.10. The van der Waals surface area contributed by atoms with Crippen molar-refractivity contribution in [2.24, 2.45) is 10.9 Å². The third-order valence-electron chi connectivity index (χ3n) is 3.32. The van der Waals surface area contributed by atoms with E-state index in [1.807, 2.05) is 6.08 Å². The van der Waals surface area contributed by atoms with Gasteiger partial charge in [0.15, 0.2) is 5.96 Å². The van der Waals surface area contributed by atoms with Crippen LogP contribution in [0.3, 0.4) is 0 Å². The molecule has 1 heterocycles. The lowest BCUT2D eigenvalue weighted by Crippen LogP contribution is -2.39. The molecule has 1 aliphatic rings. The van der Waals surface area contributed by atoms with Crippen molar-refractivity contribution in [1.82, 2.24) is 15.5 Å². The number of hydrogen-bond donors (Lipinski definition) is 2. The Labute approximate surface area is 118 Å². The highest BCUT2D eigenvalue weighted by Gasteiger charge is 2.24. The molecule has 0 unspecified atom stereocenters. The van der Waals surface area contributed by atoms with Crippen LogP contribution in [0.1, 0.15) is 33.6 Å². The lowest BCUT2D eigenvalue weighted by atomic mass is 10.2. The standard InChI is InChI=1S/C15H30N4/c1-5-9-17-15(16-6-2)18-11-14-8-7-10-19(14)12-13(3)4/h5,13-14H,1,6-12H2,2-4H3,(H2,16,17,18)/t14-/m1/s1. The van der Waals surface area contributed by atoms with E-state index in [4.69, 9.17) is 4.99 Å². The van der Waals surface area contributed by atoms with Crippen LogP contribution in [-0.2, 0) is 0 Å². The van der Waals surface area contributed by atoms with E-state index in [0.29, 0.717) is 6.04 Å². The summed E-state index contributed by atoms with van der Waals surface area (Å²) in [6.07, 6.45) is 4.44. The summed E-state index contributed by atoms with van der Waals surface area (Å²) >= 11 is 0. The predicted octanol–water partition coefficient (Wildman–Crippen LogP) is 1.85. The highest BCUT2D eigenvalue weighted by Crippen LogP contribution is 2.18. The molecule has 0 aromatic heterocycles. The zero-order valence-electron chi connectivity index (χ0n) is 12.8. The van der Waals surface area contributed by atoms with Crippen LogP contribution >= 0.6 is 0 Å². The minimum Gasteiger partial charge on any atom is -0.357 e. The van der Waals surface area contributed by atoms with Crippen molar-refractivity contribution in [3.63, 3.8) is 0 Å². The van der Waals surface area contributed by atoms with Crippen LogP contribution in [0.2, 0.25) is 0 Å². The molecule has 0 spiro atoms.